The number of furan rings is 1. The SMILES string of the molecule is CC1CC(C(=O)O)C(C(=O)N[C@H](C)c2ccco2)C1. The molecule has 1 aliphatic carbocycles. The summed E-state index contributed by atoms with van der Waals surface area (Å²) in [4.78, 5) is 23.4. The van der Waals surface area contributed by atoms with Gasteiger partial charge in [-0.3, -0.25) is 9.59 Å². The van der Waals surface area contributed by atoms with Gasteiger partial charge in [0, 0.05) is 0 Å². The van der Waals surface area contributed by atoms with Crippen LogP contribution in [0.15, 0.2) is 22.8 Å². The van der Waals surface area contributed by atoms with E-state index in [1.54, 1.807) is 18.4 Å². The summed E-state index contributed by atoms with van der Waals surface area (Å²) < 4.78 is 5.22. The largest absolute Gasteiger partial charge is 0.481 e. The molecule has 3 unspecified atom stereocenters. The highest BCUT2D eigenvalue weighted by Crippen LogP contribution is 2.36. The van der Waals surface area contributed by atoms with Crippen molar-refractivity contribution in [3.63, 3.8) is 0 Å². The topological polar surface area (TPSA) is 79.5 Å². The van der Waals surface area contributed by atoms with Gasteiger partial charge in [-0.1, -0.05) is 6.92 Å². The maximum absolute atomic E-state index is 12.2. The van der Waals surface area contributed by atoms with Crippen molar-refractivity contribution in [2.24, 2.45) is 17.8 Å². The number of rotatable bonds is 4. The summed E-state index contributed by atoms with van der Waals surface area (Å²) in [6.07, 6.45) is 2.76. The van der Waals surface area contributed by atoms with Gasteiger partial charge in [0.1, 0.15) is 5.76 Å². The van der Waals surface area contributed by atoms with E-state index in [2.05, 4.69) is 5.32 Å². The van der Waals surface area contributed by atoms with E-state index in [9.17, 15) is 9.59 Å². The van der Waals surface area contributed by atoms with E-state index in [-0.39, 0.29) is 17.9 Å². The predicted molar refractivity (Wildman–Crippen MR) is 68.3 cm³/mol. The van der Waals surface area contributed by atoms with Crippen molar-refractivity contribution in [2.45, 2.75) is 32.7 Å². The Kier molecular flexibility index (Phi) is 3.93. The quantitative estimate of drug-likeness (QED) is 0.874. The van der Waals surface area contributed by atoms with Crippen LogP contribution in [0.4, 0.5) is 0 Å². The molecule has 1 aliphatic rings. The van der Waals surface area contributed by atoms with E-state index in [1.807, 2.05) is 13.8 Å². The first-order valence-corrected chi connectivity index (χ1v) is 6.55. The van der Waals surface area contributed by atoms with Crippen LogP contribution in [0.2, 0.25) is 0 Å². The number of carboxylic acids is 1. The van der Waals surface area contributed by atoms with Crippen LogP contribution < -0.4 is 5.32 Å². The monoisotopic (exact) mass is 265 g/mol. The van der Waals surface area contributed by atoms with Crippen LogP contribution in [-0.4, -0.2) is 17.0 Å². The van der Waals surface area contributed by atoms with Crippen LogP contribution in [0.25, 0.3) is 0 Å². The fraction of sp³-hybridized carbons (Fsp3) is 0.571. The number of carbonyl (C=O) groups excluding carboxylic acids is 1. The van der Waals surface area contributed by atoms with Crippen molar-refractivity contribution < 1.29 is 19.1 Å². The second-order valence-corrected chi connectivity index (χ2v) is 5.37. The molecule has 0 radical (unpaired) electrons. The van der Waals surface area contributed by atoms with Crippen LogP contribution in [-0.2, 0) is 9.59 Å². The Morgan fingerprint density at radius 2 is 2.11 bits per heavy atom. The zero-order valence-corrected chi connectivity index (χ0v) is 11.1. The minimum absolute atomic E-state index is 0.194. The van der Waals surface area contributed by atoms with E-state index in [0.29, 0.717) is 18.6 Å². The number of aliphatic carboxylic acids is 1. The molecule has 1 heterocycles. The lowest BCUT2D eigenvalue weighted by atomic mass is 9.95. The molecule has 104 valence electrons. The zero-order chi connectivity index (χ0) is 14.0. The second-order valence-electron chi connectivity index (χ2n) is 5.37. The maximum atomic E-state index is 12.2. The summed E-state index contributed by atoms with van der Waals surface area (Å²) in [7, 11) is 0. The molecule has 1 fully saturated rings. The van der Waals surface area contributed by atoms with Crippen LogP contribution in [0, 0.1) is 17.8 Å². The molecule has 1 saturated carbocycles. The third-order valence-electron chi connectivity index (χ3n) is 3.78. The summed E-state index contributed by atoms with van der Waals surface area (Å²) in [5, 5.41) is 12.0. The minimum atomic E-state index is -0.879. The highest BCUT2D eigenvalue weighted by atomic mass is 16.4. The van der Waals surface area contributed by atoms with Gasteiger partial charge in [0.2, 0.25) is 5.91 Å². The average Bonchev–Trinajstić information content (AvgIpc) is 2.96. The number of hydrogen-bond acceptors (Lipinski definition) is 3. The molecule has 0 spiro atoms. The van der Waals surface area contributed by atoms with Gasteiger partial charge in [-0.2, -0.15) is 0 Å². The highest BCUT2D eigenvalue weighted by molar-refractivity contribution is 5.85. The molecule has 0 saturated heterocycles. The van der Waals surface area contributed by atoms with Crippen molar-refractivity contribution in [2.75, 3.05) is 0 Å². The Balaban J connectivity index is 2.01. The van der Waals surface area contributed by atoms with Gasteiger partial charge in [-0.25, -0.2) is 0 Å². The highest BCUT2D eigenvalue weighted by Gasteiger charge is 2.41. The summed E-state index contributed by atoms with van der Waals surface area (Å²) in [6, 6.07) is 3.31. The molecule has 1 aromatic rings. The summed E-state index contributed by atoms with van der Waals surface area (Å²) in [6.45, 7) is 3.81. The van der Waals surface area contributed by atoms with E-state index in [0.717, 1.165) is 0 Å². The van der Waals surface area contributed by atoms with Gasteiger partial charge in [0.05, 0.1) is 24.1 Å². The molecule has 1 amide bonds. The first-order chi connectivity index (χ1) is 8.99. The Morgan fingerprint density at radius 3 is 2.68 bits per heavy atom. The fourth-order valence-corrected chi connectivity index (χ4v) is 2.78. The van der Waals surface area contributed by atoms with Gasteiger partial charge >= 0.3 is 5.97 Å². The van der Waals surface area contributed by atoms with Crippen LogP contribution in [0.3, 0.4) is 0 Å². The predicted octanol–water partition coefficient (Wildman–Crippen LogP) is 2.20. The lowest BCUT2D eigenvalue weighted by Gasteiger charge is -2.18. The molecule has 0 bridgehead atoms. The lowest BCUT2D eigenvalue weighted by molar-refractivity contribution is -0.146. The van der Waals surface area contributed by atoms with E-state index < -0.39 is 17.8 Å². The second kappa shape index (κ2) is 5.47. The maximum Gasteiger partial charge on any atom is 0.307 e. The smallest absolute Gasteiger partial charge is 0.307 e. The number of carboxylic acid groups (broad SMARTS) is 1. The van der Waals surface area contributed by atoms with Gasteiger partial charge in [-0.05, 0) is 37.8 Å². The van der Waals surface area contributed by atoms with Crippen LogP contribution in [0.5, 0.6) is 0 Å². The molecular formula is C14H19NO4. The molecule has 5 nitrogen and oxygen atoms in total. The molecule has 1 aromatic heterocycles. The third-order valence-corrected chi connectivity index (χ3v) is 3.78. The standard InChI is InChI=1S/C14H19NO4/c1-8-6-10(11(7-8)14(17)18)13(16)15-9(2)12-4-3-5-19-12/h3-5,8-11H,6-7H2,1-2H3,(H,15,16)(H,17,18)/t8?,9-,10?,11?/m1/s1. The summed E-state index contributed by atoms with van der Waals surface area (Å²) in [5.41, 5.74) is 0. The summed E-state index contributed by atoms with van der Waals surface area (Å²) in [5.74, 6) is -1.14. The first-order valence-electron chi connectivity index (χ1n) is 6.55. The van der Waals surface area contributed by atoms with Crippen molar-refractivity contribution in [3.8, 4) is 0 Å². The number of carbonyl (C=O) groups is 2. The molecule has 19 heavy (non-hydrogen) atoms. The van der Waals surface area contributed by atoms with E-state index >= 15 is 0 Å². The lowest BCUT2D eigenvalue weighted by Crippen LogP contribution is -2.36. The van der Waals surface area contributed by atoms with E-state index in [1.165, 1.54) is 0 Å². The molecule has 2 rings (SSSR count). The third kappa shape index (κ3) is 2.97. The average molecular weight is 265 g/mol. The number of amides is 1. The van der Waals surface area contributed by atoms with Gasteiger partial charge < -0.3 is 14.8 Å². The number of nitrogens with one attached hydrogen (secondary N) is 1. The molecule has 0 aliphatic heterocycles. The normalized spacial score (nSPS) is 28.0. The fourth-order valence-electron chi connectivity index (χ4n) is 2.78. The number of hydrogen-bond donors (Lipinski definition) is 2. The van der Waals surface area contributed by atoms with Gasteiger partial charge in [-0.15, -0.1) is 0 Å². The van der Waals surface area contributed by atoms with Crippen molar-refractivity contribution in [1.82, 2.24) is 5.32 Å². The minimum Gasteiger partial charge on any atom is -0.481 e. The first kappa shape index (κ1) is 13.6. The zero-order valence-electron chi connectivity index (χ0n) is 11.1. The molecular weight excluding hydrogens is 246 g/mol. The molecule has 2 N–H and O–H groups in total. The van der Waals surface area contributed by atoms with Crippen molar-refractivity contribution in [3.05, 3.63) is 24.2 Å². The van der Waals surface area contributed by atoms with Gasteiger partial charge in [0.15, 0.2) is 0 Å². The molecule has 0 aromatic carbocycles. The van der Waals surface area contributed by atoms with Crippen LogP contribution >= 0.6 is 0 Å². The Labute approximate surface area is 112 Å². The molecule has 4 atom stereocenters. The Bertz CT molecular complexity index is 454. The van der Waals surface area contributed by atoms with Crippen LogP contribution in [0.1, 0.15) is 38.5 Å². The Hall–Kier alpha value is -1.78. The van der Waals surface area contributed by atoms with Crippen molar-refractivity contribution >= 4 is 11.9 Å². The summed E-state index contributed by atoms with van der Waals surface area (Å²) >= 11 is 0. The molecule has 5 heteroatoms. The van der Waals surface area contributed by atoms with Crippen molar-refractivity contribution in [1.29, 1.82) is 0 Å². The van der Waals surface area contributed by atoms with Gasteiger partial charge in [0.25, 0.3) is 0 Å². The Morgan fingerprint density at radius 1 is 1.42 bits per heavy atom. The van der Waals surface area contributed by atoms with E-state index in [4.69, 9.17) is 9.52 Å².